The molecule has 4 nitrogen and oxygen atoms in total. The normalized spacial score (nSPS) is 16.9. The minimum atomic E-state index is -0.539. The summed E-state index contributed by atoms with van der Waals surface area (Å²) in [6.07, 6.45) is 10.7. The van der Waals surface area contributed by atoms with Gasteiger partial charge in [-0.3, -0.25) is 0 Å². The summed E-state index contributed by atoms with van der Waals surface area (Å²) in [5.41, 5.74) is 6.74. The predicted octanol–water partition coefficient (Wildman–Crippen LogP) is 4.80. The fourth-order valence-electron chi connectivity index (χ4n) is 3.77. The SMILES string of the molecule is CC(C)CCCCCOc1ccc(CCC(N)(CO)CC2CCC2)c(O)c1. The maximum atomic E-state index is 10.3. The van der Waals surface area contributed by atoms with Crippen LogP contribution in [0.5, 0.6) is 11.5 Å². The van der Waals surface area contributed by atoms with Gasteiger partial charge in [0.1, 0.15) is 11.5 Å². The van der Waals surface area contributed by atoms with E-state index in [0.29, 0.717) is 25.4 Å². The topological polar surface area (TPSA) is 75.7 Å². The average Bonchev–Trinajstić information content (AvgIpc) is 2.60. The Morgan fingerprint density at radius 2 is 2.00 bits per heavy atom. The van der Waals surface area contributed by atoms with Crippen molar-refractivity contribution in [2.45, 2.75) is 83.6 Å². The molecular formula is C23H39NO3. The molecule has 1 aromatic carbocycles. The molecule has 1 saturated carbocycles. The van der Waals surface area contributed by atoms with Gasteiger partial charge in [-0.15, -0.1) is 0 Å². The lowest BCUT2D eigenvalue weighted by molar-refractivity contribution is 0.135. The molecule has 0 saturated heterocycles. The van der Waals surface area contributed by atoms with Crippen molar-refractivity contribution in [2.24, 2.45) is 17.6 Å². The number of aliphatic hydroxyl groups is 1. The van der Waals surface area contributed by atoms with Gasteiger partial charge in [0.2, 0.25) is 0 Å². The smallest absolute Gasteiger partial charge is 0.122 e. The molecule has 0 bridgehead atoms. The number of hydrogen-bond acceptors (Lipinski definition) is 4. The van der Waals surface area contributed by atoms with E-state index < -0.39 is 5.54 Å². The van der Waals surface area contributed by atoms with Gasteiger partial charge in [0, 0.05) is 11.6 Å². The molecule has 0 radical (unpaired) electrons. The van der Waals surface area contributed by atoms with Crippen LogP contribution in [0.3, 0.4) is 0 Å². The number of hydrogen-bond donors (Lipinski definition) is 3. The van der Waals surface area contributed by atoms with Crippen LogP contribution >= 0.6 is 0 Å². The molecule has 1 aromatic rings. The average molecular weight is 378 g/mol. The number of nitrogens with two attached hydrogens (primary N) is 1. The lowest BCUT2D eigenvalue weighted by atomic mass is 9.75. The summed E-state index contributed by atoms with van der Waals surface area (Å²) >= 11 is 0. The highest BCUT2D eigenvalue weighted by Gasteiger charge is 2.31. The van der Waals surface area contributed by atoms with Gasteiger partial charge in [-0.05, 0) is 49.1 Å². The van der Waals surface area contributed by atoms with E-state index in [9.17, 15) is 10.2 Å². The highest BCUT2D eigenvalue weighted by Crippen LogP contribution is 2.35. The van der Waals surface area contributed by atoms with Crippen molar-refractivity contribution in [1.29, 1.82) is 0 Å². The third-order valence-electron chi connectivity index (χ3n) is 5.88. The number of aliphatic hydroxyl groups excluding tert-OH is 1. The molecule has 0 aliphatic heterocycles. The van der Waals surface area contributed by atoms with E-state index in [1.54, 1.807) is 6.07 Å². The van der Waals surface area contributed by atoms with Crippen LogP contribution in [0.4, 0.5) is 0 Å². The number of phenols is 1. The van der Waals surface area contributed by atoms with Crippen LogP contribution in [0.2, 0.25) is 0 Å². The summed E-state index contributed by atoms with van der Waals surface area (Å²) in [7, 11) is 0. The molecule has 0 amide bonds. The van der Waals surface area contributed by atoms with Gasteiger partial charge in [-0.1, -0.05) is 58.4 Å². The lowest BCUT2D eigenvalue weighted by Gasteiger charge is -2.35. The Bertz CT molecular complexity index is 557. The summed E-state index contributed by atoms with van der Waals surface area (Å²) < 4.78 is 5.77. The first-order valence-corrected chi connectivity index (χ1v) is 10.8. The Balaban J connectivity index is 1.74. The number of benzene rings is 1. The number of aryl methyl sites for hydroxylation is 1. The molecule has 4 heteroatoms. The highest BCUT2D eigenvalue weighted by atomic mass is 16.5. The molecule has 0 aromatic heterocycles. The maximum Gasteiger partial charge on any atom is 0.122 e. The van der Waals surface area contributed by atoms with Gasteiger partial charge in [0.25, 0.3) is 0 Å². The Labute approximate surface area is 165 Å². The summed E-state index contributed by atoms with van der Waals surface area (Å²) in [6, 6.07) is 5.54. The molecule has 4 N–H and O–H groups in total. The van der Waals surface area contributed by atoms with Crippen LogP contribution in [-0.4, -0.2) is 29.0 Å². The molecular weight excluding hydrogens is 338 g/mol. The van der Waals surface area contributed by atoms with E-state index in [4.69, 9.17) is 10.5 Å². The zero-order valence-electron chi connectivity index (χ0n) is 17.3. The molecule has 1 fully saturated rings. The van der Waals surface area contributed by atoms with Crippen molar-refractivity contribution < 1.29 is 14.9 Å². The fourth-order valence-corrected chi connectivity index (χ4v) is 3.77. The van der Waals surface area contributed by atoms with Gasteiger partial charge >= 0.3 is 0 Å². The second kappa shape index (κ2) is 10.9. The van der Waals surface area contributed by atoms with Crippen molar-refractivity contribution in [3.63, 3.8) is 0 Å². The van der Waals surface area contributed by atoms with Crippen LogP contribution in [-0.2, 0) is 6.42 Å². The number of unbranched alkanes of at least 4 members (excludes halogenated alkanes) is 2. The summed E-state index contributed by atoms with van der Waals surface area (Å²) in [5.74, 6) is 2.40. The number of ether oxygens (including phenoxy) is 1. The van der Waals surface area contributed by atoms with Gasteiger partial charge in [-0.2, -0.15) is 0 Å². The first-order valence-electron chi connectivity index (χ1n) is 10.8. The molecule has 154 valence electrons. The van der Waals surface area contributed by atoms with Crippen LogP contribution in [0, 0.1) is 11.8 Å². The molecule has 2 rings (SSSR count). The number of phenolic OH excluding ortho intramolecular Hbond substituents is 1. The quantitative estimate of drug-likeness (QED) is 0.432. The van der Waals surface area contributed by atoms with E-state index in [2.05, 4.69) is 13.8 Å². The summed E-state index contributed by atoms with van der Waals surface area (Å²) in [4.78, 5) is 0. The van der Waals surface area contributed by atoms with Crippen molar-refractivity contribution in [1.82, 2.24) is 0 Å². The maximum absolute atomic E-state index is 10.3. The first-order chi connectivity index (χ1) is 12.9. The molecule has 1 atom stereocenters. The Morgan fingerprint density at radius 3 is 2.59 bits per heavy atom. The predicted molar refractivity (Wildman–Crippen MR) is 111 cm³/mol. The molecule has 27 heavy (non-hydrogen) atoms. The van der Waals surface area contributed by atoms with Gasteiger partial charge in [0.15, 0.2) is 0 Å². The highest BCUT2D eigenvalue weighted by molar-refractivity contribution is 5.39. The van der Waals surface area contributed by atoms with Crippen LogP contribution in [0.25, 0.3) is 0 Å². The number of aromatic hydroxyl groups is 1. The van der Waals surface area contributed by atoms with Crippen LogP contribution in [0.15, 0.2) is 18.2 Å². The van der Waals surface area contributed by atoms with E-state index in [0.717, 1.165) is 30.1 Å². The van der Waals surface area contributed by atoms with Crippen LogP contribution in [0.1, 0.15) is 77.2 Å². The fraction of sp³-hybridized carbons (Fsp3) is 0.739. The Hall–Kier alpha value is -1.26. The van der Waals surface area contributed by atoms with Crippen molar-refractivity contribution in [3.05, 3.63) is 23.8 Å². The van der Waals surface area contributed by atoms with E-state index in [-0.39, 0.29) is 12.4 Å². The first kappa shape index (κ1) is 22.0. The largest absolute Gasteiger partial charge is 0.508 e. The molecule has 0 heterocycles. The van der Waals surface area contributed by atoms with Gasteiger partial charge < -0.3 is 20.7 Å². The third-order valence-corrected chi connectivity index (χ3v) is 5.88. The van der Waals surface area contributed by atoms with E-state index in [1.807, 2.05) is 12.1 Å². The molecule has 1 aliphatic carbocycles. The van der Waals surface area contributed by atoms with E-state index >= 15 is 0 Å². The molecule has 1 aliphatic rings. The molecule has 1 unspecified atom stereocenters. The van der Waals surface area contributed by atoms with E-state index in [1.165, 1.54) is 38.5 Å². The lowest BCUT2D eigenvalue weighted by Crippen LogP contribution is -2.46. The Morgan fingerprint density at radius 1 is 1.22 bits per heavy atom. The van der Waals surface area contributed by atoms with Crippen molar-refractivity contribution >= 4 is 0 Å². The minimum absolute atomic E-state index is 0.00225. The third kappa shape index (κ3) is 7.71. The minimum Gasteiger partial charge on any atom is -0.508 e. The zero-order chi connectivity index (χ0) is 19.7. The summed E-state index contributed by atoms with van der Waals surface area (Å²) in [5, 5.41) is 20.0. The summed E-state index contributed by atoms with van der Waals surface area (Å²) in [6.45, 7) is 5.20. The molecule has 0 spiro atoms. The Kier molecular flexibility index (Phi) is 8.91. The second-order valence-corrected chi connectivity index (χ2v) is 8.90. The van der Waals surface area contributed by atoms with Crippen molar-refractivity contribution in [3.8, 4) is 11.5 Å². The van der Waals surface area contributed by atoms with Crippen LogP contribution < -0.4 is 10.5 Å². The second-order valence-electron chi connectivity index (χ2n) is 8.90. The zero-order valence-corrected chi connectivity index (χ0v) is 17.3. The van der Waals surface area contributed by atoms with Gasteiger partial charge in [0.05, 0.1) is 13.2 Å². The standard InChI is InChI=1S/C23H39NO3/c1-18(2)7-4-3-5-14-27-21-11-10-20(22(26)15-21)12-13-23(24,17-25)16-19-8-6-9-19/h10-11,15,18-19,25-26H,3-9,12-14,16-17,24H2,1-2H3. The number of rotatable bonds is 13. The monoisotopic (exact) mass is 377 g/mol. The van der Waals surface area contributed by atoms with Gasteiger partial charge in [-0.25, -0.2) is 0 Å². The van der Waals surface area contributed by atoms with Crippen molar-refractivity contribution in [2.75, 3.05) is 13.2 Å².